The van der Waals surface area contributed by atoms with Gasteiger partial charge >= 0.3 is 0 Å². The van der Waals surface area contributed by atoms with Gasteiger partial charge in [0.25, 0.3) is 0 Å². The second-order valence-electron chi connectivity index (χ2n) is 5.58. The lowest BCUT2D eigenvalue weighted by atomic mass is 10.0. The molecular weight excluding hydrogens is 282 g/mol. The molecule has 6 heteroatoms. The number of amides is 2. The van der Waals surface area contributed by atoms with Gasteiger partial charge in [0.2, 0.25) is 11.8 Å². The largest absolute Gasteiger partial charge is 0.492 e. The van der Waals surface area contributed by atoms with E-state index in [0.29, 0.717) is 36.9 Å². The fourth-order valence-corrected chi connectivity index (χ4v) is 1.96. The molecule has 2 amide bonds. The normalized spacial score (nSPS) is 11.9. The molecule has 1 aromatic rings. The van der Waals surface area contributed by atoms with Crippen LogP contribution in [0.4, 0.5) is 5.69 Å². The summed E-state index contributed by atoms with van der Waals surface area (Å²) in [5.41, 5.74) is 6.46. The zero-order valence-corrected chi connectivity index (χ0v) is 13.4. The van der Waals surface area contributed by atoms with Gasteiger partial charge < -0.3 is 21.1 Å². The molecule has 22 heavy (non-hydrogen) atoms. The summed E-state index contributed by atoms with van der Waals surface area (Å²) in [4.78, 5) is 22.7. The molecule has 0 aromatic heterocycles. The molecule has 0 fully saturated rings. The first-order valence-corrected chi connectivity index (χ1v) is 7.42. The monoisotopic (exact) mass is 307 g/mol. The molecule has 0 radical (unpaired) electrons. The van der Waals surface area contributed by atoms with E-state index in [1.807, 2.05) is 13.8 Å². The first kappa shape index (κ1) is 18.0. The lowest BCUT2D eigenvalue weighted by molar-refractivity contribution is -0.122. The summed E-state index contributed by atoms with van der Waals surface area (Å²) >= 11 is 0. The molecule has 1 atom stereocenters. The summed E-state index contributed by atoms with van der Waals surface area (Å²) < 4.78 is 5.53. The van der Waals surface area contributed by atoms with Crippen LogP contribution in [0.15, 0.2) is 24.3 Å². The zero-order valence-electron chi connectivity index (χ0n) is 13.4. The van der Waals surface area contributed by atoms with E-state index in [2.05, 4.69) is 10.6 Å². The van der Waals surface area contributed by atoms with Crippen molar-refractivity contribution in [3.8, 4) is 5.75 Å². The van der Waals surface area contributed by atoms with Crippen molar-refractivity contribution < 1.29 is 14.3 Å². The van der Waals surface area contributed by atoms with Crippen molar-refractivity contribution >= 4 is 17.5 Å². The lowest BCUT2D eigenvalue weighted by Crippen LogP contribution is -2.42. The van der Waals surface area contributed by atoms with Gasteiger partial charge in [0.05, 0.1) is 12.6 Å². The van der Waals surface area contributed by atoms with Crippen molar-refractivity contribution in [3.63, 3.8) is 0 Å². The number of anilines is 1. The van der Waals surface area contributed by atoms with Crippen molar-refractivity contribution in [1.29, 1.82) is 0 Å². The van der Waals surface area contributed by atoms with E-state index >= 15 is 0 Å². The minimum Gasteiger partial charge on any atom is -0.492 e. The molecule has 1 rings (SSSR count). The Bertz CT molecular complexity index is 503. The summed E-state index contributed by atoms with van der Waals surface area (Å²) in [7, 11) is 0. The van der Waals surface area contributed by atoms with Crippen LogP contribution in [-0.4, -0.2) is 31.0 Å². The molecule has 0 heterocycles. The Morgan fingerprint density at radius 1 is 1.32 bits per heavy atom. The summed E-state index contributed by atoms with van der Waals surface area (Å²) in [5.74, 6) is 0.716. The maximum absolute atomic E-state index is 11.7. The average molecular weight is 307 g/mol. The smallest absolute Gasteiger partial charge is 0.237 e. The predicted octanol–water partition coefficient (Wildman–Crippen LogP) is 1.51. The summed E-state index contributed by atoms with van der Waals surface area (Å²) in [6, 6.07) is 6.60. The zero-order chi connectivity index (χ0) is 16.5. The van der Waals surface area contributed by atoms with E-state index in [0.717, 1.165) is 0 Å². The Balaban J connectivity index is 2.32. The Morgan fingerprint density at radius 3 is 2.68 bits per heavy atom. The molecule has 4 N–H and O–H groups in total. The van der Waals surface area contributed by atoms with Gasteiger partial charge in [-0.1, -0.05) is 19.9 Å². The molecule has 6 nitrogen and oxygen atoms in total. The highest BCUT2D eigenvalue weighted by atomic mass is 16.5. The van der Waals surface area contributed by atoms with Crippen LogP contribution in [-0.2, 0) is 9.59 Å². The van der Waals surface area contributed by atoms with Gasteiger partial charge in [-0.05, 0) is 24.5 Å². The number of hydrogen-bond acceptors (Lipinski definition) is 4. The predicted molar refractivity (Wildman–Crippen MR) is 86.7 cm³/mol. The molecule has 0 saturated carbocycles. The van der Waals surface area contributed by atoms with Crippen LogP contribution in [0.1, 0.15) is 27.2 Å². The van der Waals surface area contributed by atoms with Crippen LogP contribution in [0.2, 0.25) is 0 Å². The van der Waals surface area contributed by atoms with Gasteiger partial charge in [-0.15, -0.1) is 0 Å². The van der Waals surface area contributed by atoms with Gasteiger partial charge in [0.1, 0.15) is 12.4 Å². The van der Waals surface area contributed by atoms with Crippen LogP contribution >= 0.6 is 0 Å². The minimum absolute atomic E-state index is 0.136. The number of nitrogens with one attached hydrogen (secondary N) is 2. The molecule has 0 unspecified atom stereocenters. The van der Waals surface area contributed by atoms with Crippen molar-refractivity contribution in [1.82, 2.24) is 5.32 Å². The number of carbonyl (C=O) groups is 2. The van der Waals surface area contributed by atoms with Gasteiger partial charge in [-0.3, -0.25) is 9.59 Å². The Kier molecular flexibility index (Phi) is 7.39. The minimum atomic E-state index is -0.483. The maximum atomic E-state index is 11.7. The summed E-state index contributed by atoms with van der Waals surface area (Å²) in [6.07, 6.45) is 0.658. The average Bonchev–Trinajstić information content (AvgIpc) is 2.42. The number of ether oxygens (including phenoxy) is 1. The first-order valence-electron chi connectivity index (χ1n) is 7.42. The van der Waals surface area contributed by atoms with Gasteiger partial charge in [0.15, 0.2) is 0 Å². The highest BCUT2D eigenvalue weighted by molar-refractivity contribution is 5.88. The quantitative estimate of drug-likeness (QED) is 0.635. The van der Waals surface area contributed by atoms with Gasteiger partial charge in [0, 0.05) is 18.7 Å². The molecule has 0 bridgehead atoms. The van der Waals surface area contributed by atoms with Crippen molar-refractivity contribution in [2.45, 2.75) is 33.2 Å². The molecular formula is C16H25N3O3. The van der Waals surface area contributed by atoms with E-state index < -0.39 is 6.04 Å². The molecule has 122 valence electrons. The highest BCUT2D eigenvalue weighted by Gasteiger charge is 2.14. The Morgan fingerprint density at radius 2 is 2.05 bits per heavy atom. The second kappa shape index (κ2) is 9.04. The van der Waals surface area contributed by atoms with Crippen molar-refractivity contribution in [2.75, 3.05) is 18.5 Å². The van der Waals surface area contributed by atoms with Crippen LogP contribution < -0.4 is 21.1 Å². The van der Waals surface area contributed by atoms with E-state index in [4.69, 9.17) is 10.5 Å². The van der Waals surface area contributed by atoms with E-state index in [1.165, 1.54) is 6.92 Å². The lowest BCUT2D eigenvalue weighted by Gasteiger charge is -2.14. The number of benzene rings is 1. The number of carbonyl (C=O) groups excluding carboxylic acids is 2. The van der Waals surface area contributed by atoms with E-state index in [1.54, 1.807) is 24.3 Å². The Hall–Kier alpha value is -2.08. The van der Waals surface area contributed by atoms with Crippen molar-refractivity contribution in [3.05, 3.63) is 24.3 Å². The standard InChI is InChI=1S/C16H25N3O3/c1-11(2)9-15(17)16(21)18-7-8-22-14-6-4-5-13(10-14)19-12(3)20/h4-6,10-11,15H,7-9,17H2,1-3H3,(H,18,21)(H,19,20)/t15-/m0/s1. The molecule has 0 saturated heterocycles. The molecule has 0 aliphatic rings. The molecule has 0 aliphatic carbocycles. The van der Waals surface area contributed by atoms with Crippen LogP contribution in [0.25, 0.3) is 0 Å². The third-order valence-corrected chi connectivity index (χ3v) is 2.89. The SMILES string of the molecule is CC(=O)Nc1cccc(OCCNC(=O)[C@@H](N)CC(C)C)c1. The topological polar surface area (TPSA) is 93.5 Å². The fraction of sp³-hybridized carbons (Fsp3) is 0.500. The van der Waals surface area contributed by atoms with Crippen LogP contribution in [0, 0.1) is 5.92 Å². The van der Waals surface area contributed by atoms with Crippen LogP contribution in [0.5, 0.6) is 5.75 Å². The Labute approximate surface area is 131 Å². The summed E-state index contributed by atoms with van der Waals surface area (Å²) in [5, 5.41) is 5.43. The van der Waals surface area contributed by atoms with E-state index in [-0.39, 0.29) is 11.8 Å². The van der Waals surface area contributed by atoms with Gasteiger partial charge in [-0.25, -0.2) is 0 Å². The van der Waals surface area contributed by atoms with Crippen molar-refractivity contribution in [2.24, 2.45) is 11.7 Å². The number of hydrogen-bond donors (Lipinski definition) is 3. The highest BCUT2D eigenvalue weighted by Crippen LogP contribution is 2.17. The molecule has 1 aromatic carbocycles. The third-order valence-electron chi connectivity index (χ3n) is 2.89. The van der Waals surface area contributed by atoms with Crippen LogP contribution in [0.3, 0.4) is 0 Å². The molecule has 0 spiro atoms. The number of nitrogens with two attached hydrogens (primary N) is 1. The molecule has 0 aliphatic heterocycles. The maximum Gasteiger partial charge on any atom is 0.237 e. The van der Waals surface area contributed by atoms with Gasteiger partial charge in [-0.2, -0.15) is 0 Å². The second-order valence-corrected chi connectivity index (χ2v) is 5.58. The summed E-state index contributed by atoms with van der Waals surface area (Å²) in [6.45, 7) is 6.22. The third kappa shape index (κ3) is 7.08. The van der Waals surface area contributed by atoms with E-state index in [9.17, 15) is 9.59 Å². The number of rotatable bonds is 8. The first-order chi connectivity index (χ1) is 10.4. The fourth-order valence-electron chi connectivity index (χ4n) is 1.96.